The molecule has 8 heteroatoms. The van der Waals surface area contributed by atoms with Crippen LogP contribution in [0.4, 0.5) is 4.39 Å². The molecule has 1 amide bonds. The number of aryl methyl sites for hydroxylation is 1. The van der Waals surface area contributed by atoms with Crippen molar-refractivity contribution in [1.82, 2.24) is 20.4 Å². The Kier molecular flexibility index (Phi) is 5.76. The molecular weight excluding hydrogens is 351 g/mol. The van der Waals surface area contributed by atoms with Crippen molar-refractivity contribution < 1.29 is 19.0 Å². The number of hydrogen-bond acceptors (Lipinski definition) is 5. The zero-order chi connectivity index (χ0) is 19.4. The van der Waals surface area contributed by atoms with Gasteiger partial charge in [0, 0.05) is 37.4 Å². The van der Waals surface area contributed by atoms with E-state index in [1.54, 1.807) is 6.07 Å². The Morgan fingerprint density at radius 3 is 2.96 bits per heavy atom. The first-order valence-electron chi connectivity index (χ1n) is 8.97. The van der Waals surface area contributed by atoms with Crippen molar-refractivity contribution in [2.75, 3.05) is 20.2 Å². The van der Waals surface area contributed by atoms with Gasteiger partial charge in [0.2, 0.25) is 0 Å². The summed E-state index contributed by atoms with van der Waals surface area (Å²) in [6.07, 6.45) is 1.02. The van der Waals surface area contributed by atoms with Crippen molar-refractivity contribution in [2.45, 2.75) is 38.5 Å². The topological polar surface area (TPSA) is 90.5 Å². The first kappa shape index (κ1) is 19.3. The van der Waals surface area contributed by atoms with E-state index in [0.29, 0.717) is 37.2 Å². The highest BCUT2D eigenvalue weighted by molar-refractivity contribution is 5.86. The number of hydrogen-bond donors (Lipinski definition) is 3. The van der Waals surface area contributed by atoms with Gasteiger partial charge in [-0.1, -0.05) is 0 Å². The Labute approximate surface area is 157 Å². The molecule has 1 saturated heterocycles. The Balaban J connectivity index is 1.63. The monoisotopic (exact) mass is 376 g/mol. The van der Waals surface area contributed by atoms with E-state index < -0.39 is 11.4 Å². The van der Waals surface area contributed by atoms with Crippen LogP contribution in [0.3, 0.4) is 0 Å². The smallest absolute Gasteiger partial charge is 0.256 e. The second-order valence-electron chi connectivity index (χ2n) is 6.97. The highest BCUT2D eigenvalue weighted by Crippen LogP contribution is 2.25. The van der Waals surface area contributed by atoms with Crippen LogP contribution in [-0.4, -0.2) is 51.9 Å². The van der Waals surface area contributed by atoms with Gasteiger partial charge in [-0.15, -0.1) is 0 Å². The third-order valence-corrected chi connectivity index (χ3v) is 4.80. The van der Waals surface area contributed by atoms with E-state index in [2.05, 4.69) is 15.5 Å². The standard InChI is InChI=1S/C19H25FN4O3/c1-13-8-15(23-22-13)10-21-12-19(26)6-3-7-24(18(19)25)11-14-9-16(27-2)4-5-17(14)20/h4-5,8-9,21,26H,3,6-7,10-12H2,1-2H3,(H,22,23)/t19-/m1/s1. The molecule has 1 atom stereocenters. The maximum atomic E-state index is 14.1. The maximum absolute atomic E-state index is 14.1. The van der Waals surface area contributed by atoms with E-state index >= 15 is 0 Å². The minimum atomic E-state index is -1.50. The molecule has 1 aromatic heterocycles. The van der Waals surface area contributed by atoms with Gasteiger partial charge >= 0.3 is 0 Å². The maximum Gasteiger partial charge on any atom is 0.256 e. The molecule has 1 aromatic carbocycles. The van der Waals surface area contributed by atoms with Crippen molar-refractivity contribution in [3.8, 4) is 5.75 Å². The Hall–Kier alpha value is -2.45. The molecule has 3 rings (SSSR count). The highest BCUT2D eigenvalue weighted by atomic mass is 19.1. The second kappa shape index (κ2) is 8.06. The van der Waals surface area contributed by atoms with Crippen LogP contribution in [-0.2, 0) is 17.9 Å². The van der Waals surface area contributed by atoms with Crippen molar-refractivity contribution in [2.24, 2.45) is 0 Å². The molecule has 2 aromatic rings. The van der Waals surface area contributed by atoms with Gasteiger partial charge in [-0.3, -0.25) is 9.89 Å². The summed E-state index contributed by atoms with van der Waals surface area (Å²) in [4.78, 5) is 14.3. The van der Waals surface area contributed by atoms with E-state index in [4.69, 9.17) is 4.74 Å². The van der Waals surface area contributed by atoms with Crippen LogP contribution in [0.15, 0.2) is 24.3 Å². The van der Waals surface area contributed by atoms with Crippen LogP contribution < -0.4 is 10.1 Å². The predicted octanol–water partition coefficient (Wildman–Crippen LogP) is 1.51. The number of methoxy groups -OCH3 is 1. The molecule has 7 nitrogen and oxygen atoms in total. The molecule has 0 bridgehead atoms. The Bertz CT molecular complexity index is 810. The molecule has 0 saturated carbocycles. The third-order valence-electron chi connectivity index (χ3n) is 4.80. The fraction of sp³-hybridized carbons (Fsp3) is 0.474. The number of aliphatic hydroxyl groups is 1. The van der Waals surface area contributed by atoms with E-state index in [-0.39, 0.29) is 19.0 Å². The summed E-state index contributed by atoms with van der Waals surface area (Å²) in [6.45, 7) is 3.06. The average molecular weight is 376 g/mol. The summed E-state index contributed by atoms with van der Waals surface area (Å²) in [5, 5.41) is 20.9. The van der Waals surface area contributed by atoms with Crippen LogP contribution in [0, 0.1) is 12.7 Å². The van der Waals surface area contributed by atoms with Crippen LogP contribution in [0.1, 0.15) is 29.8 Å². The fourth-order valence-electron chi connectivity index (χ4n) is 3.35. The van der Waals surface area contributed by atoms with Crippen molar-refractivity contribution >= 4 is 5.91 Å². The van der Waals surface area contributed by atoms with Gasteiger partial charge in [0.05, 0.1) is 12.8 Å². The zero-order valence-electron chi connectivity index (χ0n) is 15.6. The van der Waals surface area contributed by atoms with E-state index in [0.717, 1.165) is 11.4 Å². The molecule has 0 spiro atoms. The molecule has 0 aliphatic carbocycles. The van der Waals surface area contributed by atoms with E-state index in [9.17, 15) is 14.3 Å². The number of carbonyl (C=O) groups excluding carboxylic acids is 1. The first-order valence-corrected chi connectivity index (χ1v) is 8.97. The number of likely N-dealkylation sites (tertiary alicyclic amines) is 1. The molecule has 1 fully saturated rings. The largest absolute Gasteiger partial charge is 0.497 e. The lowest BCUT2D eigenvalue weighted by Crippen LogP contribution is -2.57. The number of aromatic nitrogens is 2. The van der Waals surface area contributed by atoms with Crippen LogP contribution in [0.2, 0.25) is 0 Å². The van der Waals surface area contributed by atoms with Crippen molar-refractivity contribution in [1.29, 1.82) is 0 Å². The number of halogens is 1. The number of nitrogens with zero attached hydrogens (tertiary/aromatic N) is 2. The van der Waals surface area contributed by atoms with Gasteiger partial charge < -0.3 is 20.1 Å². The van der Waals surface area contributed by atoms with Gasteiger partial charge in [0.15, 0.2) is 5.60 Å². The summed E-state index contributed by atoms with van der Waals surface area (Å²) in [5.41, 5.74) is 0.631. The van der Waals surface area contributed by atoms with E-state index in [1.165, 1.54) is 24.1 Å². The summed E-state index contributed by atoms with van der Waals surface area (Å²) < 4.78 is 19.2. The lowest BCUT2D eigenvalue weighted by atomic mass is 9.91. The molecule has 2 heterocycles. The molecule has 0 radical (unpaired) electrons. The minimum Gasteiger partial charge on any atom is -0.497 e. The van der Waals surface area contributed by atoms with Crippen molar-refractivity contribution in [3.05, 3.63) is 47.0 Å². The van der Waals surface area contributed by atoms with Gasteiger partial charge in [-0.05, 0) is 44.0 Å². The lowest BCUT2D eigenvalue weighted by Gasteiger charge is -2.38. The predicted molar refractivity (Wildman–Crippen MR) is 97.6 cm³/mol. The highest BCUT2D eigenvalue weighted by Gasteiger charge is 2.41. The Morgan fingerprint density at radius 1 is 1.44 bits per heavy atom. The van der Waals surface area contributed by atoms with Crippen molar-refractivity contribution in [3.63, 3.8) is 0 Å². The SMILES string of the molecule is COc1ccc(F)c(CN2CCC[C@@](O)(CNCc3cc(C)[nH]n3)C2=O)c1. The molecular formula is C19H25FN4O3. The molecule has 146 valence electrons. The van der Waals surface area contributed by atoms with E-state index in [1.807, 2.05) is 13.0 Å². The minimum absolute atomic E-state index is 0.0999. The van der Waals surface area contributed by atoms with Gasteiger partial charge in [0.1, 0.15) is 11.6 Å². The molecule has 3 N–H and O–H groups in total. The average Bonchev–Trinajstić information content (AvgIpc) is 3.06. The number of ether oxygens (including phenoxy) is 1. The molecule has 0 unspecified atom stereocenters. The normalized spacial score (nSPS) is 20.1. The van der Waals surface area contributed by atoms with Gasteiger partial charge in [-0.25, -0.2) is 4.39 Å². The first-order chi connectivity index (χ1) is 12.9. The number of piperidine rings is 1. The summed E-state index contributed by atoms with van der Waals surface area (Å²) in [7, 11) is 1.51. The number of carbonyl (C=O) groups is 1. The number of benzene rings is 1. The number of H-pyrrole nitrogens is 1. The van der Waals surface area contributed by atoms with Gasteiger partial charge in [0.25, 0.3) is 5.91 Å². The summed E-state index contributed by atoms with van der Waals surface area (Å²) in [6, 6.07) is 6.34. The fourth-order valence-corrected chi connectivity index (χ4v) is 3.35. The quantitative estimate of drug-likeness (QED) is 0.682. The molecule has 1 aliphatic heterocycles. The number of nitrogens with one attached hydrogen (secondary N) is 2. The van der Waals surface area contributed by atoms with Crippen LogP contribution in [0.5, 0.6) is 5.75 Å². The number of aromatic amines is 1. The lowest BCUT2D eigenvalue weighted by molar-refractivity contribution is -0.157. The number of amides is 1. The zero-order valence-corrected chi connectivity index (χ0v) is 15.6. The Morgan fingerprint density at radius 2 is 2.26 bits per heavy atom. The third kappa shape index (κ3) is 4.45. The van der Waals surface area contributed by atoms with Crippen LogP contribution >= 0.6 is 0 Å². The molecule has 1 aliphatic rings. The second-order valence-corrected chi connectivity index (χ2v) is 6.97. The van der Waals surface area contributed by atoms with Gasteiger partial charge in [-0.2, -0.15) is 5.10 Å². The summed E-state index contributed by atoms with van der Waals surface area (Å²) in [5.74, 6) is -0.256. The molecule has 27 heavy (non-hydrogen) atoms. The van der Waals surface area contributed by atoms with Crippen LogP contribution in [0.25, 0.3) is 0 Å². The number of rotatable bonds is 7. The summed E-state index contributed by atoms with van der Waals surface area (Å²) >= 11 is 0.